The van der Waals surface area contributed by atoms with Gasteiger partial charge in [0.15, 0.2) is 0 Å². The summed E-state index contributed by atoms with van der Waals surface area (Å²) in [5.74, 6) is -1.92. The number of carboxylic acid groups (broad SMARTS) is 1. The predicted octanol–water partition coefficient (Wildman–Crippen LogP) is 4.35. The summed E-state index contributed by atoms with van der Waals surface area (Å²) in [7, 11) is 0. The third-order valence-electron chi connectivity index (χ3n) is 11.8. The van der Waals surface area contributed by atoms with Gasteiger partial charge in [-0.1, -0.05) is 40.7 Å². The van der Waals surface area contributed by atoms with Crippen LogP contribution in [0.4, 0.5) is 0 Å². The Bertz CT molecular complexity index is 1160. The van der Waals surface area contributed by atoms with Crippen LogP contribution in [0.25, 0.3) is 0 Å². The molecule has 0 aliphatic heterocycles. The van der Waals surface area contributed by atoms with Crippen LogP contribution < -0.4 is 0 Å². The molecule has 0 bridgehead atoms. The van der Waals surface area contributed by atoms with Crippen molar-refractivity contribution in [2.75, 3.05) is 0 Å². The zero-order chi connectivity index (χ0) is 30.2. The van der Waals surface area contributed by atoms with Crippen LogP contribution >= 0.6 is 0 Å². The molecule has 4 aliphatic carbocycles. The lowest BCUT2D eigenvalue weighted by Crippen LogP contribution is -2.67. The number of aliphatic hydroxyl groups is 3. The van der Waals surface area contributed by atoms with Gasteiger partial charge in [-0.2, -0.15) is 0 Å². The zero-order valence-electron chi connectivity index (χ0n) is 25.3. The Morgan fingerprint density at radius 2 is 1.70 bits per heavy atom. The van der Waals surface area contributed by atoms with Crippen molar-refractivity contribution in [2.45, 2.75) is 124 Å². The second-order valence-corrected chi connectivity index (χ2v) is 14.5. The molecule has 0 unspecified atom stereocenters. The number of rotatable bonds is 6. The van der Waals surface area contributed by atoms with E-state index < -0.39 is 51.6 Å². The lowest BCUT2D eigenvalue weighted by molar-refractivity contribution is -0.189. The minimum atomic E-state index is -1.36. The second kappa shape index (κ2) is 9.77. The van der Waals surface area contributed by atoms with Gasteiger partial charge in [-0.3, -0.25) is 9.59 Å². The predicted molar refractivity (Wildman–Crippen MR) is 149 cm³/mol. The average molecular weight is 561 g/mol. The molecular formula is C32H48O8. The molecular weight excluding hydrogens is 512 g/mol. The number of hydrogen-bond acceptors (Lipinski definition) is 7. The molecule has 3 saturated carbocycles. The van der Waals surface area contributed by atoms with E-state index in [4.69, 9.17) is 4.74 Å². The van der Waals surface area contributed by atoms with E-state index in [1.54, 1.807) is 13.0 Å². The molecule has 4 N–H and O–H groups in total. The Balaban J connectivity index is 1.81. The summed E-state index contributed by atoms with van der Waals surface area (Å²) in [6.45, 7) is 14.5. The lowest BCUT2D eigenvalue weighted by atomic mass is 9.41. The number of ether oxygens (including phenoxy) is 1. The minimum absolute atomic E-state index is 0.153. The van der Waals surface area contributed by atoms with Crippen molar-refractivity contribution in [3.05, 3.63) is 22.8 Å². The van der Waals surface area contributed by atoms with Crippen LogP contribution in [0.15, 0.2) is 22.8 Å². The standard InChI is InChI=1S/C32H48O8/c1-17(27(36)37)9-10-22(40-19(3)33)18(2)20-16-31(8,38)26-25-21(34)15-23-28(4,5)24(35)11-12-30(23,7)32(25,39)14-13-29(20,26)6/h9,18,20-23,34,38-39H,10-16H2,1-8H3,(H,36,37)/b17-9+/t18-,20+,21+,22-,23-,29+,30-,31+,32+/m0/s1. The molecule has 0 aromatic carbocycles. The van der Waals surface area contributed by atoms with Crippen molar-refractivity contribution in [3.63, 3.8) is 0 Å². The van der Waals surface area contributed by atoms with Crippen molar-refractivity contribution < 1.29 is 39.5 Å². The van der Waals surface area contributed by atoms with Gasteiger partial charge >= 0.3 is 11.9 Å². The number of hydrogen-bond donors (Lipinski definition) is 4. The second-order valence-electron chi connectivity index (χ2n) is 14.5. The van der Waals surface area contributed by atoms with E-state index in [9.17, 15) is 34.8 Å². The Labute approximate surface area is 237 Å². The highest BCUT2D eigenvalue weighted by Crippen LogP contribution is 2.70. The van der Waals surface area contributed by atoms with Crippen molar-refractivity contribution in [2.24, 2.45) is 34.0 Å². The first-order valence-corrected chi connectivity index (χ1v) is 14.7. The highest BCUT2D eigenvalue weighted by atomic mass is 16.5. The maximum atomic E-state index is 12.9. The van der Waals surface area contributed by atoms with E-state index in [-0.39, 0.29) is 35.5 Å². The van der Waals surface area contributed by atoms with E-state index in [2.05, 4.69) is 13.8 Å². The van der Waals surface area contributed by atoms with Gasteiger partial charge in [0.05, 0.1) is 17.3 Å². The van der Waals surface area contributed by atoms with Crippen LogP contribution in [0.1, 0.15) is 100 Å². The molecule has 8 nitrogen and oxygen atoms in total. The molecule has 0 aromatic rings. The summed E-state index contributed by atoms with van der Waals surface area (Å²) in [6, 6.07) is 0. The van der Waals surface area contributed by atoms with Gasteiger partial charge in [0, 0.05) is 36.2 Å². The van der Waals surface area contributed by atoms with E-state index >= 15 is 0 Å². The number of Topliss-reactive ketones (excluding diaryl/α,β-unsaturated/α-hetero) is 1. The molecule has 9 atom stereocenters. The third-order valence-corrected chi connectivity index (χ3v) is 11.8. The summed E-state index contributed by atoms with van der Waals surface area (Å²) in [4.78, 5) is 36.4. The molecule has 224 valence electrons. The van der Waals surface area contributed by atoms with Gasteiger partial charge in [-0.15, -0.1) is 0 Å². The number of carbonyl (C=O) groups is 3. The van der Waals surface area contributed by atoms with Crippen molar-refractivity contribution in [1.29, 1.82) is 0 Å². The number of ketones is 1. The van der Waals surface area contributed by atoms with Crippen molar-refractivity contribution in [3.8, 4) is 0 Å². The largest absolute Gasteiger partial charge is 0.478 e. The fourth-order valence-electron chi connectivity index (χ4n) is 9.52. The maximum Gasteiger partial charge on any atom is 0.330 e. The Morgan fingerprint density at radius 1 is 1.07 bits per heavy atom. The fraction of sp³-hybridized carbons (Fsp3) is 0.781. The third kappa shape index (κ3) is 4.40. The molecule has 0 spiro atoms. The molecule has 4 aliphatic rings. The molecule has 0 radical (unpaired) electrons. The van der Waals surface area contributed by atoms with Gasteiger partial charge in [-0.05, 0) is 80.3 Å². The van der Waals surface area contributed by atoms with E-state index in [1.165, 1.54) is 13.8 Å². The quantitative estimate of drug-likeness (QED) is 0.213. The van der Waals surface area contributed by atoms with Gasteiger partial charge < -0.3 is 25.2 Å². The number of carboxylic acids is 1. The summed E-state index contributed by atoms with van der Waals surface area (Å²) in [5.41, 5.74) is -3.18. The number of esters is 1. The van der Waals surface area contributed by atoms with E-state index in [0.29, 0.717) is 49.7 Å². The number of fused-ring (bicyclic) bond motifs is 4. The first-order valence-electron chi connectivity index (χ1n) is 14.7. The Hall–Kier alpha value is -2.03. The first-order chi connectivity index (χ1) is 18.2. The monoisotopic (exact) mass is 560 g/mol. The molecule has 40 heavy (non-hydrogen) atoms. The van der Waals surface area contributed by atoms with Crippen LogP contribution in [0.2, 0.25) is 0 Å². The zero-order valence-corrected chi connectivity index (χ0v) is 25.3. The van der Waals surface area contributed by atoms with Gasteiger partial charge in [-0.25, -0.2) is 4.79 Å². The molecule has 0 heterocycles. The van der Waals surface area contributed by atoms with Crippen LogP contribution in [0.5, 0.6) is 0 Å². The maximum absolute atomic E-state index is 12.9. The minimum Gasteiger partial charge on any atom is -0.478 e. The van der Waals surface area contributed by atoms with Crippen molar-refractivity contribution >= 4 is 17.7 Å². The Morgan fingerprint density at radius 3 is 2.27 bits per heavy atom. The summed E-state index contributed by atoms with van der Waals surface area (Å²) in [5, 5.41) is 45.6. The van der Waals surface area contributed by atoms with Gasteiger partial charge in [0.1, 0.15) is 11.9 Å². The fourth-order valence-corrected chi connectivity index (χ4v) is 9.52. The van der Waals surface area contributed by atoms with Crippen LogP contribution in [-0.2, 0) is 19.1 Å². The number of aliphatic hydroxyl groups excluding tert-OH is 1. The topological polar surface area (TPSA) is 141 Å². The molecule has 3 fully saturated rings. The molecule has 0 aromatic heterocycles. The smallest absolute Gasteiger partial charge is 0.330 e. The first kappa shape index (κ1) is 30.9. The summed E-state index contributed by atoms with van der Waals surface area (Å²) >= 11 is 0. The van der Waals surface area contributed by atoms with Crippen LogP contribution in [-0.4, -0.2) is 61.6 Å². The average Bonchev–Trinajstić information content (AvgIpc) is 3.06. The van der Waals surface area contributed by atoms with Crippen LogP contribution in [0, 0.1) is 34.0 Å². The Kier molecular flexibility index (Phi) is 7.55. The van der Waals surface area contributed by atoms with E-state index in [0.717, 1.165) is 0 Å². The highest BCUT2D eigenvalue weighted by molar-refractivity contribution is 5.86. The van der Waals surface area contributed by atoms with Crippen molar-refractivity contribution in [1.82, 2.24) is 0 Å². The SMILES string of the molecule is CC(=O)O[C@@H](C/C=C(\C)C(=O)O)[C@@H](C)[C@H]1C[C@@](C)(O)C2=C3[C@H](O)C[C@H]4C(C)(C)C(=O)CC[C@]4(C)[C@@]3(O)CC[C@@]21C. The number of carbonyl (C=O) groups excluding carboxylic acids is 2. The normalized spacial score (nSPS) is 42.4. The highest BCUT2D eigenvalue weighted by Gasteiger charge is 2.70. The lowest BCUT2D eigenvalue weighted by Gasteiger charge is -2.64. The number of aliphatic carboxylic acids is 1. The summed E-state index contributed by atoms with van der Waals surface area (Å²) < 4.78 is 5.71. The van der Waals surface area contributed by atoms with Gasteiger partial charge in [0.2, 0.25) is 0 Å². The summed E-state index contributed by atoms with van der Waals surface area (Å²) in [6.07, 6.45) is 2.78. The molecule has 4 rings (SSSR count). The molecule has 0 saturated heterocycles. The van der Waals surface area contributed by atoms with E-state index in [1.807, 2.05) is 20.8 Å². The van der Waals surface area contributed by atoms with Crippen LogP contribution in [0.3, 0.4) is 0 Å². The molecule has 8 heteroatoms. The van der Waals surface area contributed by atoms with Gasteiger partial charge in [0.25, 0.3) is 0 Å². The molecule has 0 amide bonds.